The quantitative estimate of drug-likeness (QED) is 0.0124. The van der Waals surface area contributed by atoms with Gasteiger partial charge in [0, 0.05) is 12.8 Å². The van der Waals surface area contributed by atoms with Crippen LogP contribution >= 0.6 is 15.6 Å². The van der Waals surface area contributed by atoms with Gasteiger partial charge in [-0.1, -0.05) is 130 Å². The zero-order valence-electron chi connectivity index (χ0n) is 41.0. The number of rotatable bonds is 39. The van der Waals surface area contributed by atoms with Crippen LogP contribution in [0, 0.1) is 0 Å². The number of aliphatic hydroxyl groups is 5. The molecule has 1 aliphatic carbocycles. The molecule has 1 saturated carbocycles. The highest BCUT2D eigenvalue weighted by Crippen LogP contribution is 2.49. The molecule has 17 nitrogen and oxygen atoms in total. The predicted molar refractivity (Wildman–Crippen MR) is 270 cm³/mol. The molecular formula is C51H82O17P2. The number of hydrogen-bond acceptors (Lipinski definition) is 14. The molecule has 0 aliphatic heterocycles. The summed E-state index contributed by atoms with van der Waals surface area (Å²) in [6.45, 7) is 2.63. The van der Waals surface area contributed by atoms with Crippen molar-refractivity contribution in [3.05, 3.63) is 109 Å². The minimum absolute atomic E-state index is 0.0559. The van der Waals surface area contributed by atoms with Crippen LogP contribution in [-0.4, -0.2) is 114 Å². The molecule has 0 aromatic rings. The van der Waals surface area contributed by atoms with E-state index >= 15 is 0 Å². The standard InChI is InChI=1S/C51H82O17P2/c1-3-5-6-7-8-9-10-11-12-13-14-15-16-20-23-26-29-32-35-38-44(53)64-40-43(41-65-70(62,63)68-51-48(57)46(55)47(56)50(49(51)58)67-69(59,60)61)66-45(54)39-36-33-30-27-24-21-18-17-19-22-25-28-31-34-37-42(52)4-2/h5-6,8-9,11-12,14-15,18-23,27-28,30-31,42-43,46-52,55-58H,3-4,7,10,13,16-17,24-26,29,32-41H2,1-2H3,(H,62,63)(H2,59,60,61)/b6-5-,9-8-,12-11-,15-14-,21-18-,22-19-,23-20-,30-27-,31-28-/t42-,43-,46?,47?,48?,49?,50-,51+/m1/s1. The SMILES string of the molecule is CC/C=C\C/C=C\C/C=C\C/C=C\C/C=C\CCCCCC(=O)OC[C@H](COP(=O)(O)O[C@H]1C(O)C(O)C(O)[C@@H](OP(=O)(O)O)C1O)OC(=O)CCC/C=C\C/C=C\C/C=C\C/C=C\CC[C@H](O)CC. The van der Waals surface area contributed by atoms with Crippen LogP contribution in [0.3, 0.4) is 0 Å². The first-order valence-electron chi connectivity index (χ1n) is 24.5. The van der Waals surface area contributed by atoms with Gasteiger partial charge in [0.25, 0.3) is 0 Å². The van der Waals surface area contributed by atoms with Gasteiger partial charge in [0.2, 0.25) is 0 Å². The van der Waals surface area contributed by atoms with Gasteiger partial charge in [0.15, 0.2) is 6.10 Å². The lowest BCUT2D eigenvalue weighted by molar-refractivity contribution is -0.216. The number of carbonyl (C=O) groups excluding carboxylic acids is 2. The zero-order chi connectivity index (χ0) is 51.9. The molecule has 0 bridgehead atoms. The lowest BCUT2D eigenvalue weighted by atomic mass is 9.85. The number of ether oxygens (including phenoxy) is 2. The van der Waals surface area contributed by atoms with Gasteiger partial charge >= 0.3 is 27.6 Å². The van der Waals surface area contributed by atoms with E-state index in [-0.39, 0.29) is 18.9 Å². The second-order valence-electron chi connectivity index (χ2n) is 16.6. The van der Waals surface area contributed by atoms with Crippen LogP contribution in [0.1, 0.15) is 136 Å². The average Bonchev–Trinajstić information content (AvgIpc) is 3.32. The fourth-order valence-corrected chi connectivity index (χ4v) is 8.09. The molecule has 0 aromatic carbocycles. The number of allylic oxidation sites excluding steroid dienone is 18. The summed E-state index contributed by atoms with van der Waals surface area (Å²) in [5.74, 6) is -1.34. The first-order chi connectivity index (χ1) is 33.5. The van der Waals surface area contributed by atoms with Crippen molar-refractivity contribution >= 4 is 27.6 Å². The highest BCUT2D eigenvalue weighted by atomic mass is 31.2. The fraction of sp³-hybridized carbons (Fsp3) is 0.608. The third kappa shape index (κ3) is 34.1. The fourth-order valence-electron chi connectivity index (χ4n) is 6.55. The normalized spacial score (nSPS) is 22.4. The highest BCUT2D eigenvalue weighted by molar-refractivity contribution is 7.47. The second-order valence-corrected chi connectivity index (χ2v) is 19.2. The molecule has 9 atom stereocenters. The first kappa shape index (κ1) is 64.6. The third-order valence-corrected chi connectivity index (χ3v) is 12.0. The van der Waals surface area contributed by atoms with Crippen LogP contribution in [0.15, 0.2) is 109 Å². The van der Waals surface area contributed by atoms with Gasteiger partial charge in [-0.3, -0.25) is 23.2 Å². The Bertz CT molecular complexity index is 1780. The molecule has 398 valence electrons. The van der Waals surface area contributed by atoms with Gasteiger partial charge in [0.1, 0.15) is 43.2 Å². The average molecular weight is 1030 g/mol. The van der Waals surface area contributed by atoms with Crippen LogP contribution in [-0.2, 0) is 41.8 Å². The molecule has 5 unspecified atom stereocenters. The van der Waals surface area contributed by atoms with E-state index in [9.17, 15) is 58.9 Å². The van der Waals surface area contributed by atoms with Gasteiger partial charge in [-0.05, 0) is 103 Å². The molecule has 8 N–H and O–H groups in total. The minimum atomic E-state index is -5.39. The Hall–Kier alpha value is -3.38. The van der Waals surface area contributed by atoms with Crippen molar-refractivity contribution in [3.63, 3.8) is 0 Å². The molecule has 19 heteroatoms. The maximum Gasteiger partial charge on any atom is 0.472 e. The molecule has 0 amide bonds. The minimum Gasteiger partial charge on any atom is -0.462 e. The number of phosphoric acid groups is 2. The molecular weight excluding hydrogens is 946 g/mol. The number of aliphatic hydroxyl groups excluding tert-OH is 5. The van der Waals surface area contributed by atoms with E-state index in [0.717, 1.165) is 83.5 Å². The van der Waals surface area contributed by atoms with E-state index in [4.69, 9.17) is 18.5 Å². The van der Waals surface area contributed by atoms with Crippen molar-refractivity contribution in [2.24, 2.45) is 0 Å². The summed E-state index contributed by atoms with van der Waals surface area (Å²) in [4.78, 5) is 54.3. The lowest BCUT2D eigenvalue weighted by Crippen LogP contribution is -2.64. The third-order valence-electron chi connectivity index (χ3n) is 10.5. The summed E-state index contributed by atoms with van der Waals surface area (Å²) < 4.78 is 49.3. The number of carbonyl (C=O) groups is 2. The lowest BCUT2D eigenvalue weighted by Gasteiger charge is -2.43. The highest BCUT2D eigenvalue weighted by Gasteiger charge is 2.54. The van der Waals surface area contributed by atoms with Crippen molar-refractivity contribution in [3.8, 4) is 0 Å². The number of esters is 2. The predicted octanol–water partition coefficient (Wildman–Crippen LogP) is 8.70. The smallest absolute Gasteiger partial charge is 0.462 e. The summed E-state index contributed by atoms with van der Waals surface area (Å²) in [5, 5.41) is 50.9. The molecule has 0 radical (unpaired) electrons. The largest absolute Gasteiger partial charge is 0.472 e. The second kappa shape index (κ2) is 40.1. The zero-order valence-corrected chi connectivity index (χ0v) is 42.8. The molecule has 1 rings (SSSR count). The van der Waals surface area contributed by atoms with Gasteiger partial charge in [-0.15, -0.1) is 0 Å². The summed E-state index contributed by atoms with van der Waals surface area (Å²) in [5.41, 5.74) is 0. The Labute approximate surface area is 415 Å². The number of hydrogen-bond donors (Lipinski definition) is 8. The Kier molecular flexibility index (Phi) is 37.1. The summed E-state index contributed by atoms with van der Waals surface area (Å²) in [6.07, 6.45) is 35.6. The van der Waals surface area contributed by atoms with Gasteiger partial charge in [-0.2, -0.15) is 0 Å². The molecule has 1 aliphatic rings. The van der Waals surface area contributed by atoms with E-state index in [2.05, 4.69) is 96.5 Å². The van der Waals surface area contributed by atoms with Crippen molar-refractivity contribution in [2.45, 2.75) is 185 Å². The Morgan fingerprint density at radius 3 is 1.44 bits per heavy atom. The summed E-state index contributed by atoms with van der Waals surface area (Å²) >= 11 is 0. The Balaban J connectivity index is 2.65. The van der Waals surface area contributed by atoms with E-state index in [1.54, 1.807) is 0 Å². The topological polar surface area (TPSA) is 276 Å². The van der Waals surface area contributed by atoms with Gasteiger partial charge in [-0.25, -0.2) is 9.13 Å². The van der Waals surface area contributed by atoms with E-state index < -0.39 is 83.5 Å². The van der Waals surface area contributed by atoms with Gasteiger partial charge in [0.05, 0.1) is 12.7 Å². The maximum absolute atomic E-state index is 13.0. The molecule has 70 heavy (non-hydrogen) atoms. The van der Waals surface area contributed by atoms with Crippen LogP contribution in [0.25, 0.3) is 0 Å². The summed E-state index contributed by atoms with van der Waals surface area (Å²) in [6, 6.07) is 0. The summed E-state index contributed by atoms with van der Waals surface area (Å²) in [7, 11) is -10.7. The first-order valence-corrected chi connectivity index (χ1v) is 27.5. The van der Waals surface area contributed by atoms with E-state index in [1.165, 1.54) is 0 Å². The van der Waals surface area contributed by atoms with E-state index in [0.29, 0.717) is 25.7 Å². The van der Waals surface area contributed by atoms with Crippen LogP contribution in [0.4, 0.5) is 0 Å². The van der Waals surface area contributed by atoms with Gasteiger partial charge < -0.3 is 49.7 Å². The number of unbranched alkanes of at least 4 members (excludes halogenated alkanes) is 4. The van der Waals surface area contributed by atoms with Crippen LogP contribution < -0.4 is 0 Å². The molecule has 0 saturated heterocycles. The van der Waals surface area contributed by atoms with Crippen molar-refractivity contribution in [1.82, 2.24) is 0 Å². The van der Waals surface area contributed by atoms with Crippen LogP contribution in [0.5, 0.6) is 0 Å². The molecule has 0 aromatic heterocycles. The molecule has 1 fully saturated rings. The monoisotopic (exact) mass is 1030 g/mol. The number of phosphoric ester groups is 2. The van der Waals surface area contributed by atoms with E-state index in [1.807, 2.05) is 31.2 Å². The Morgan fingerprint density at radius 2 is 0.957 bits per heavy atom. The van der Waals surface area contributed by atoms with Crippen molar-refractivity contribution in [2.75, 3.05) is 13.2 Å². The Morgan fingerprint density at radius 1 is 0.514 bits per heavy atom. The molecule has 0 spiro atoms. The van der Waals surface area contributed by atoms with Crippen molar-refractivity contribution in [1.29, 1.82) is 0 Å². The van der Waals surface area contributed by atoms with Crippen molar-refractivity contribution < 1.29 is 82.0 Å². The molecule has 0 heterocycles. The maximum atomic E-state index is 13.0. The van der Waals surface area contributed by atoms with Crippen LogP contribution in [0.2, 0.25) is 0 Å².